The largest absolute Gasteiger partial charge is 0.495 e. The standard InChI is InChI=1S/C11H10Cl2N2O3S/c1-7-14-3-4-15(7)19(16,17)11-6-8(12)10(18-2)5-9(11)13/h3-6H,1-2H3. The van der Waals surface area contributed by atoms with E-state index in [-0.39, 0.29) is 14.9 Å². The van der Waals surface area contributed by atoms with Gasteiger partial charge in [0, 0.05) is 18.5 Å². The summed E-state index contributed by atoms with van der Waals surface area (Å²) in [4.78, 5) is 3.78. The molecule has 1 heterocycles. The maximum atomic E-state index is 12.4. The monoisotopic (exact) mass is 320 g/mol. The molecule has 0 spiro atoms. The number of hydrogen-bond donors (Lipinski definition) is 0. The number of benzene rings is 1. The third kappa shape index (κ3) is 2.43. The minimum Gasteiger partial charge on any atom is -0.495 e. The van der Waals surface area contributed by atoms with Crippen molar-refractivity contribution in [3.05, 3.63) is 40.4 Å². The highest BCUT2D eigenvalue weighted by atomic mass is 35.5. The van der Waals surface area contributed by atoms with E-state index in [0.717, 1.165) is 3.97 Å². The van der Waals surface area contributed by atoms with Gasteiger partial charge in [0.15, 0.2) is 0 Å². The van der Waals surface area contributed by atoms with Crippen molar-refractivity contribution in [1.29, 1.82) is 0 Å². The predicted octanol–water partition coefficient (Wildman–Crippen LogP) is 2.74. The number of nitrogens with zero attached hydrogens (tertiary/aromatic N) is 2. The first kappa shape index (κ1) is 14.2. The van der Waals surface area contributed by atoms with Gasteiger partial charge in [-0.15, -0.1) is 0 Å². The molecule has 0 radical (unpaired) electrons. The van der Waals surface area contributed by atoms with Crippen molar-refractivity contribution in [2.45, 2.75) is 11.8 Å². The zero-order chi connectivity index (χ0) is 14.2. The van der Waals surface area contributed by atoms with E-state index in [1.807, 2.05) is 0 Å². The topological polar surface area (TPSA) is 61.2 Å². The lowest BCUT2D eigenvalue weighted by Crippen LogP contribution is -2.14. The van der Waals surface area contributed by atoms with Gasteiger partial charge in [-0.3, -0.25) is 0 Å². The van der Waals surface area contributed by atoms with E-state index < -0.39 is 10.0 Å². The summed E-state index contributed by atoms with van der Waals surface area (Å²) >= 11 is 11.9. The Bertz CT molecular complexity index is 726. The quantitative estimate of drug-likeness (QED) is 0.872. The van der Waals surface area contributed by atoms with E-state index in [9.17, 15) is 8.42 Å². The van der Waals surface area contributed by atoms with Gasteiger partial charge in [0.25, 0.3) is 10.0 Å². The summed E-state index contributed by atoms with van der Waals surface area (Å²) < 4.78 is 30.9. The van der Waals surface area contributed by atoms with Crippen molar-refractivity contribution < 1.29 is 13.2 Å². The number of ether oxygens (including phenoxy) is 1. The lowest BCUT2D eigenvalue weighted by molar-refractivity contribution is 0.414. The fourth-order valence-corrected chi connectivity index (χ4v) is 3.74. The maximum Gasteiger partial charge on any atom is 0.270 e. The zero-order valence-corrected chi connectivity index (χ0v) is 12.4. The highest BCUT2D eigenvalue weighted by Gasteiger charge is 2.23. The highest BCUT2D eigenvalue weighted by molar-refractivity contribution is 7.90. The Morgan fingerprint density at radius 2 is 1.95 bits per heavy atom. The average molecular weight is 321 g/mol. The second-order valence-corrected chi connectivity index (χ2v) is 6.29. The molecule has 0 aliphatic heterocycles. The van der Waals surface area contributed by atoms with Crippen molar-refractivity contribution in [3.63, 3.8) is 0 Å². The van der Waals surface area contributed by atoms with Crippen LogP contribution in [0, 0.1) is 6.92 Å². The van der Waals surface area contributed by atoms with Gasteiger partial charge in [-0.1, -0.05) is 23.2 Å². The minimum absolute atomic E-state index is 0.0364. The van der Waals surface area contributed by atoms with E-state index in [1.165, 1.54) is 31.6 Å². The van der Waals surface area contributed by atoms with E-state index in [2.05, 4.69) is 4.98 Å². The molecule has 5 nitrogen and oxygen atoms in total. The number of imidazole rings is 1. The molecule has 0 atom stereocenters. The Balaban J connectivity index is 2.66. The lowest BCUT2D eigenvalue weighted by Gasteiger charge is -2.11. The van der Waals surface area contributed by atoms with Crippen molar-refractivity contribution in [3.8, 4) is 5.75 Å². The lowest BCUT2D eigenvalue weighted by atomic mass is 10.3. The molecular weight excluding hydrogens is 311 g/mol. The van der Waals surface area contributed by atoms with Crippen LogP contribution >= 0.6 is 23.2 Å². The van der Waals surface area contributed by atoms with Crippen LogP contribution < -0.4 is 4.74 Å². The number of halogens is 2. The number of hydrogen-bond acceptors (Lipinski definition) is 4. The van der Waals surface area contributed by atoms with Gasteiger partial charge in [0.05, 0.1) is 17.2 Å². The SMILES string of the molecule is COc1cc(Cl)c(S(=O)(=O)n2ccnc2C)cc1Cl. The van der Waals surface area contributed by atoms with E-state index in [1.54, 1.807) is 6.92 Å². The number of aromatic nitrogens is 2. The van der Waals surface area contributed by atoms with Gasteiger partial charge < -0.3 is 4.74 Å². The molecule has 0 aliphatic rings. The molecule has 0 aliphatic carbocycles. The smallest absolute Gasteiger partial charge is 0.270 e. The summed E-state index contributed by atoms with van der Waals surface area (Å²) in [6.45, 7) is 1.58. The highest BCUT2D eigenvalue weighted by Crippen LogP contribution is 2.34. The van der Waals surface area contributed by atoms with Crippen LogP contribution in [0.25, 0.3) is 0 Å². The Labute approximate surface area is 120 Å². The van der Waals surface area contributed by atoms with E-state index >= 15 is 0 Å². The first-order chi connectivity index (χ1) is 8.87. The molecule has 1 aromatic carbocycles. The molecule has 1 aromatic heterocycles. The number of aryl methyl sites for hydroxylation is 1. The Morgan fingerprint density at radius 1 is 1.26 bits per heavy atom. The van der Waals surface area contributed by atoms with Crippen LogP contribution in [0.4, 0.5) is 0 Å². The van der Waals surface area contributed by atoms with Gasteiger partial charge >= 0.3 is 0 Å². The fraction of sp³-hybridized carbons (Fsp3) is 0.182. The first-order valence-electron chi connectivity index (χ1n) is 5.16. The van der Waals surface area contributed by atoms with Crippen molar-refractivity contribution >= 4 is 33.2 Å². The molecule has 0 saturated carbocycles. The van der Waals surface area contributed by atoms with Crippen LogP contribution in [-0.4, -0.2) is 24.5 Å². The van der Waals surface area contributed by atoms with Crippen LogP contribution in [0.2, 0.25) is 10.0 Å². The minimum atomic E-state index is -3.82. The van der Waals surface area contributed by atoms with E-state index in [4.69, 9.17) is 27.9 Å². The van der Waals surface area contributed by atoms with Crippen LogP contribution in [0.1, 0.15) is 5.82 Å². The van der Waals surface area contributed by atoms with Gasteiger partial charge in [-0.05, 0) is 13.0 Å². The number of methoxy groups -OCH3 is 1. The second kappa shape index (κ2) is 5.03. The molecule has 0 amide bonds. The molecular formula is C11H10Cl2N2O3S. The predicted molar refractivity (Wildman–Crippen MR) is 72.6 cm³/mol. The van der Waals surface area contributed by atoms with Gasteiger partial charge in [0.2, 0.25) is 0 Å². The molecule has 2 rings (SSSR count). The molecule has 19 heavy (non-hydrogen) atoms. The summed E-state index contributed by atoms with van der Waals surface area (Å²) in [6.07, 6.45) is 2.74. The molecule has 0 unspecified atom stereocenters. The third-order valence-electron chi connectivity index (χ3n) is 2.53. The third-order valence-corrected chi connectivity index (χ3v) is 5.04. The summed E-state index contributed by atoms with van der Waals surface area (Å²) in [5, 5.41) is 0.206. The van der Waals surface area contributed by atoms with Crippen LogP contribution in [-0.2, 0) is 10.0 Å². The zero-order valence-electron chi connectivity index (χ0n) is 10.1. The summed E-state index contributed by atoms with van der Waals surface area (Å²) in [7, 11) is -2.40. The van der Waals surface area contributed by atoms with E-state index in [0.29, 0.717) is 11.6 Å². The van der Waals surface area contributed by atoms with Crippen molar-refractivity contribution in [2.75, 3.05) is 7.11 Å². The fourth-order valence-electron chi connectivity index (χ4n) is 1.59. The van der Waals surface area contributed by atoms with Crippen molar-refractivity contribution in [1.82, 2.24) is 8.96 Å². The summed E-state index contributed by atoms with van der Waals surface area (Å²) in [5.74, 6) is 0.649. The normalized spacial score (nSPS) is 11.6. The maximum absolute atomic E-state index is 12.4. The molecule has 2 aromatic rings. The molecule has 0 bridgehead atoms. The van der Waals surface area contributed by atoms with Crippen LogP contribution in [0.15, 0.2) is 29.4 Å². The van der Waals surface area contributed by atoms with Crippen LogP contribution in [0.5, 0.6) is 5.75 Å². The summed E-state index contributed by atoms with van der Waals surface area (Å²) in [5.41, 5.74) is 0. The summed E-state index contributed by atoms with van der Waals surface area (Å²) in [6, 6.07) is 2.63. The molecule has 0 saturated heterocycles. The average Bonchev–Trinajstić information content (AvgIpc) is 2.78. The Morgan fingerprint density at radius 3 is 2.47 bits per heavy atom. The van der Waals surface area contributed by atoms with Gasteiger partial charge in [-0.2, -0.15) is 0 Å². The van der Waals surface area contributed by atoms with Gasteiger partial charge in [0.1, 0.15) is 16.5 Å². The van der Waals surface area contributed by atoms with Crippen LogP contribution in [0.3, 0.4) is 0 Å². The second-order valence-electron chi connectivity index (χ2n) is 3.69. The number of rotatable bonds is 3. The Hall–Kier alpha value is -1.24. The van der Waals surface area contributed by atoms with Gasteiger partial charge in [-0.25, -0.2) is 17.4 Å². The first-order valence-corrected chi connectivity index (χ1v) is 7.36. The molecule has 0 fully saturated rings. The molecule has 0 N–H and O–H groups in total. The Kier molecular flexibility index (Phi) is 3.75. The van der Waals surface area contributed by atoms with Crippen molar-refractivity contribution in [2.24, 2.45) is 0 Å². The molecule has 8 heteroatoms. The molecule has 102 valence electrons.